The summed E-state index contributed by atoms with van der Waals surface area (Å²) in [7, 11) is 2.00. The Morgan fingerprint density at radius 2 is 1.87 bits per heavy atom. The lowest BCUT2D eigenvalue weighted by atomic mass is 9.50. The van der Waals surface area contributed by atoms with Crippen molar-refractivity contribution < 1.29 is 38.8 Å². The van der Waals surface area contributed by atoms with E-state index in [1.807, 2.05) is 43.4 Å². The minimum absolute atomic E-state index is 0. The molecule has 4 aliphatic rings. The number of phenols is 1. The number of rotatable bonds is 7. The van der Waals surface area contributed by atoms with E-state index in [4.69, 9.17) is 14.2 Å². The average molecular weight is 621 g/mol. The highest BCUT2D eigenvalue weighted by atomic mass is 16.6. The molecule has 0 aromatic heterocycles. The number of likely N-dealkylation sites (tertiary alicyclic amines) is 1. The summed E-state index contributed by atoms with van der Waals surface area (Å²) in [4.78, 5) is 42.1. The smallest absolute Gasteiger partial charge is 0.329 e. The number of ether oxygens (including phenoxy) is 3. The van der Waals surface area contributed by atoms with Gasteiger partial charge in [-0.15, -0.1) is 0 Å². The van der Waals surface area contributed by atoms with E-state index in [0.29, 0.717) is 25.1 Å². The summed E-state index contributed by atoms with van der Waals surface area (Å²) < 4.78 is 17.8. The molecular formula is C35H44N2O8. The van der Waals surface area contributed by atoms with Crippen LogP contribution in [0.25, 0.3) is 0 Å². The Morgan fingerprint density at radius 1 is 1.16 bits per heavy atom. The number of piperidine rings is 1. The number of esters is 2. The summed E-state index contributed by atoms with van der Waals surface area (Å²) in [6.45, 7) is 7.54. The molecule has 10 heteroatoms. The van der Waals surface area contributed by atoms with E-state index >= 15 is 0 Å². The molecule has 0 unspecified atom stereocenters. The molecule has 3 N–H and O–H groups in total. The number of hydrogen-bond donors (Lipinski definition) is 3. The van der Waals surface area contributed by atoms with Gasteiger partial charge in [0, 0.05) is 18.0 Å². The van der Waals surface area contributed by atoms with Crippen molar-refractivity contribution in [2.75, 3.05) is 13.6 Å². The van der Waals surface area contributed by atoms with Crippen molar-refractivity contribution in [3.05, 3.63) is 71.0 Å². The molecule has 242 valence electrons. The van der Waals surface area contributed by atoms with Crippen LogP contribution < -0.4 is 10.1 Å². The third-order valence-electron chi connectivity index (χ3n) is 9.66. The second-order valence-electron chi connectivity index (χ2n) is 13.5. The summed E-state index contributed by atoms with van der Waals surface area (Å²) in [6, 6.07) is 11.1. The minimum Gasteiger partial charge on any atom is -0.504 e. The number of carbonyl (C=O) groups is 3. The number of amides is 1. The van der Waals surface area contributed by atoms with Crippen LogP contribution in [0.5, 0.6) is 11.5 Å². The molecule has 2 bridgehead atoms. The van der Waals surface area contributed by atoms with Crippen molar-refractivity contribution >= 4 is 17.8 Å². The highest BCUT2D eigenvalue weighted by molar-refractivity contribution is 5.91. The second-order valence-corrected chi connectivity index (χ2v) is 13.5. The average Bonchev–Trinajstić information content (AvgIpc) is 3.33. The normalized spacial score (nSPS) is 27.5. The van der Waals surface area contributed by atoms with Crippen molar-refractivity contribution in [1.82, 2.24) is 10.2 Å². The number of carbonyl (C=O) groups excluding carboxylic acids is 3. The van der Waals surface area contributed by atoms with Gasteiger partial charge in [0.15, 0.2) is 17.6 Å². The summed E-state index contributed by atoms with van der Waals surface area (Å²) >= 11 is 0. The van der Waals surface area contributed by atoms with Crippen LogP contribution in [0.3, 0.4) is 0 Å². The number of aliphatic hydroxyl groups is 1. The number of benzene rings is 2. The van der Waals surface area contributed by atoms with E-state index in [9.17, 15) is 24.6 Å². The third kappa shape index (κ3) is 5.27. The lowest BCUT2D eigenvalue weighted by Gasteiger charge is -2.61. The molecule has 2 aromatic rings. The summed E-state index contributed by atoms with van der Waals surface area (Å²) in [5.74, 6) is -2.02. The van der Waals surface area contributed by atoms with E-state index in [-0.39, 0.29) is 31.4 Å². The zero-order valence-electron chi connectivity index (χ0n) is 25.8. The van der Waals surface area contributed by atoms with Gasteiger partial charge in [0.25, 0.3) is 0 Å². The van der Waals surface area contributed by atoms with Gasteiger partial charge in [0.2, 0.25) is 5.91 Å². The first-order chi connectivity index (χ1) is 20.7. The van der Waals surface area contributed by atoms with Crippen LogP contribution >= 0.6 is 0 Å². The van der Waals surface area contributed by atoms with Crippen LogP contribution in [0.1, 0.15) is 77.0 Å². The minimum atomic E-state index is -1.29. The molecule has 0 saturated carbocycles. The molecule has 45 heavy (non-hydrogen) atoms. The maximum Gasteiger partial charge on any atom is 0.329 e. The van der Waals surface area contributed by atoms with Gasteiger partial charge in [0.1, 0.15) is 17.4 Å². The number of aromatic hydroxyl groups is 1. The fourth-order valence-electron chi connectivity index (χ4n) is 7.53. The van der Waals surface area contributed by atoms with Crippen molar-refractivity contribution in [1.29, 1.82) is 0 Å². The van der Waals surface area contributed by atoms with Crippen LogP contribution in [0.2, 0.25) is 0 Å². The summed E-state index contributed by atoms with van der Waals surface area (Å²) in [5.41, 5.74) is -0.426. The van der Waals surface area contributed by atoms with E-state index in [2.05, 4.69) is 10.2 Å². The predicted octanol–water partition coefficient (Wildman–Crippen LogP) is 3.87. The number of likely N-dealkylation sites (N-methyl/N-ethyl adjacent to an activating group) is 1. The number of nitrogens with one attached hydrogen (secondary N) is 1. The Labute approximate surface area is 264 Å². The topological polar surface area (TPSA) is 135 Å². The Bertz CT molecular complexity index is 1530. The van der Waals surface area contributed by atoms with Gasteiger partial charge < -0.3 is 34.6 Å². The first kappa shape index (κ1) is 32.5. The van der Waals surface area contributed by atoms with Gasteiger partial charge >= 0.3 is 11.9 Å². The van der Waals surface area contributed by atoms with Crippen LogP contribution in [-0.2, 0) is 35.7 Å². The van der Waals surface area contributed by atoms with Crippen LogP contribution in [0, 0.1) is 0 Å². The molecular weight excluding hydrogens is 576 g/mol. The SMILES string of the molecule is C.C[C@H](C(=O)N[C@@H](CC(=O)OC1=CC[C@@]2(O)[C@H]3Cc4ccc(O)c5c4[C@@]2(CCN3C)[C@H]1O5)C(=O)OC(C)(C)C)c1ccccc1. The molecule has 1 amide bonds. The molecule has 2 aromatic carbocycles. The molecule has 6 atom stereocenters. The van der Waals surface area contributed by atoms with Gasteiger partial charge in [-0.25, -0.2) is 4.79 Å². The van der Waals surface area contributed by atoms with Gasteiger partial charge in [0.05, 0.1) is 23.4 Å². The van der Waals surface area contributed by atoms with Crippen LogP contribution in [0.15, 0.2) is 54.3 Å². The third-order valence-corrected chi connectivity index (χ3v) is 9.66. The van der Waals surface area contributed by atoms with Crippen molar-refractivity contribution in [3.8, 4) is 11.5 Å². The zero-order chi connectivity index (χ0) is 31.6. The van der Waals surface area contributed by atoms with Crippen molar-refractivity contribution in [2.45, 2.75) is 102 Å². The molecule has 2 aliphatic carbocycles. The standard InChI is InChI=1S/C34H40N2O8.CH4/c1-19(20-9-7-6-8-10-20)30(39)35-22(31(40)44-32(2,3)4)18-26(38)42-24-13-14-34(41)25-17-21-11-12-23(37)28-27(21)33(34,29(24)43-28)15-16-36(25)5;/h6-13,19,22,25,29,37,41H,14-18H2,1-5H3,(H,35,39);1H4/t19-,22-,25+,29-,33-,34+;/m0./s1. The molecule has 1 spiro atoms. The number of hydrogen-bond acceptors (Lipinski definition) is 9. The van der Waals surface area contributed by atoms with E-state index in [0.717, 1.165) is 16.7 Å². The zero-order valence-corrected chi connectivity index (χ0v) is 25.8. The first-order valence-electron chi connectivity index (χ1n) is 15.2. The largest absolute Gasteiger partial charge is 0.504 e. The Hall–Kier alpha value is -3.89. The van der Waals surface area contributed by atoms with E-state index in [1.54, 1.807) is 39.8 Å². The Balaban J connectivity index is 0.00000400. The first-order valence-corrected chi connectivity index (χ1v) is 15.2. The van der Waals surface area contributed by atoms with Gasteiger partial charge in [-0.3, -0.25) is 9.59 Å². The molecule has 0 radical (unpaired) electrons. The van der Waals surface area contributed by atoms with Gasteiger partial charge in [-0.2, -0.15) is 0 Å². The fourth-order valence-corrected chi connectivity index (χ4v) is 7.53. The highest BCUT2D eigenvalue weighted by Crippen LogP contribution is 2.65. The van der Waals surface area contributed by atoms with Gasteiger partial charge in [-0.1, -0.05) is 43.8 Å². The molecule has 2 aliphatic heterocycles. The Morgan fingerprint density at radius 3 is 2.56 bits per heavy atom. The molecule has 2 heterocycles. The fraction of sp³-hybridized carbons (Fsp3) is 0.514. The lowest BCUT2D eigenvalue weighted by Crippen LogP contribution is -2.74. The highest BCUT2D eigenvalue weighted by Gasteiger charge is 2.72. The number of nitrogens with zero attached hydrogens (tertiary/aromatic N) is 1. The van der Waals surface area contributed by atoms with Gasteiger partial charge in [-0.05, 0) is 77.4 Å². The van der Waals surface area contributed by atoms with E-state index < -0.39 is 58.9 Å². The lowest BCUT2D eigenvalue weighted by molar-refractivity contribution is -0.170. The van der Waals surface area contributed by atoms with Crippen LogP contribution in [-0.4, -0.2) is 75.9 Å². The molecule has 10 nitrogen and oxygen atoms in total. The summed E-state index contributed by atoms with van der Waals surface area (Å²) in [5, 5.41) is 25.8. The molecule has 1 saturated heterocycles. The second kappa shape index (κ2) is 11.5. The maximum atomic E-state index is 13.5. The molecule has 1 fully saturated rings. The summed E-state index contributed by atoms with van der Waals surface area (Å²) in [6.07, 6.45) is 1.72. The van der Waals surface area contributed by atoms with Crippen molar-refractivity contribution in [2.24, 2.45) is 0 Å². The van der Waals surface area contributed by atoms with Crippen LogP contribution in [0.4, 0.5) is 0 Å². The number of phenolic OH excluding ortho intramolecular Hbond substituents is 1. The van der Waals surface area contributed by atoms with Crippen molar-refractivity contribution in [3.63, 3.8) is 0 Å². The maximum absolute atomic E-state index is 13.5. The Kier molecular flexibility index (Phi) is 8.29. The quantitative estimate of drug-likeness (QED) is 0.395. The monoisotopic (exact) mass is 620 g/mol. The molecule has 6 rings (SSSR count). The predicted molar refractivity (Wildman–Crippen MR) is 167 cm³/mol. The van der Waals surface area contributed by atoms with E-state index in [1.165, 1.54) is 0 Å².